The number of sulfonamides is 1. The molecule has 0 aromatic heterocycles. The molecule has 23 heavy (non-hydrogen) atoms. The van der Waals surface area contributed by atoms with E-state index in [0.29, 0.717) is 15.1 Å². The number of anilines is 1. The van der Waals surface area contributed by atoms with Gasteiger partial charge in [0, 0.05) is 9.50 Å². The van der Waals surface area contributed by atoms with Gasteiger partial charge in [-0.2, -0.15) is 0 Å². The van der Waals surface area contributed by atoms with Crippen LogP contribution in [0.2, 0.25) is 10.0 Å². The third-order valence-corrected chi connectivity index (χ3v) is 5.13. The van der Waals surface area contributed by atoms with Crippen molar-refractivity contribution in [3.8, 4) is 17.6 Å². The van der Waals surface area contributed by atoms with Crippen molar-refractivity contribution in [2.24, 2.45) is 0 Å². The number of hydrogen-bond acceptors (Lipinski definition) is 3. The van der Waals surface area contributed by atoms with E-state index in [-0.39, 0.29) is 15.6 Å². The van der Waals surface area contributed by atoms with E-state index in [0.717, 1.165) is 0 Å². The highest BCUT2D eigenvalue weighted by atomic mass is 79.9. The van der Waals surface area contributed by atoms with Crippen LogP contribution < -0.4 is 4.72 Å². The lowest BCUT2D eigenvalue weighted by Crippen LogP contribution is -2.14. The third kappa shape index (κ3) is 4.12. The van der Waals surface area contributed by atoms with Gasteiger partial charge in [-0.3, -0.25) is 4.72 Å². The number of aromatic hydroxyl groups is 1. The van der Waals surface area contributed by atoms with Gasteiger partial charge in [-0.15, -0.1) is 5.92 Å². The molecule has 0 unspecified atom stereocenters. The molecule has 0 heterocycles. The molecule has 4 nitrogen and oxygen atoms in total. The van der Waals surface area contributed by atoms with Crippen molar-refractivity contribution in [3.05, 3.63) is 50.4 Å². The van der Waals surface area contributed by atoms with Gasteiger partial charge in [0.15, 0.2) is 5.75 Å². The smallest absolute Gasteiger partial charge is 0.265 e. The normalized spacial score (nSPS) is 10.8. The average Bonchev–Trinajstić information content (AvgIpc) is 2.46. The maximum Gasteiger partial charge on any atom is 0.265 e. The van der Waals surface area contributed by atoms with E-state index >= 15 is 0 Å². The van der Waals surface area contributed by atoms with Gasteiger partial charge in [0.1, 0.15) is 4.90 Å². The molecule has 0 atom stereocenters. The van der Waals surface area contributed by atoms with Crippen LogP contribution in [0.4, 0.5) is 5.69 Å². The van der Waals surface area contributed by atoms with Gasteiger partial charge >= 0.3 is 0 Å². The Morgan fingerprint density at radius 2 is 1.91 bits per heavy atom. The second kappa shape index (κ2) is 7.02. The number of benzene rings is 2. The first-order valence-corrected chi connectivity index (χ1v) is 9.21. The fourth-order valence-corrected chi connectivity index (χ4v) is 4.20. The minimum absolute atomic E-state index is 0.0792. The van der Waals surface area contributed by atoms with Crippen LogP contribution >= 0.6 is 39.1 Å². The van der Waals surface area contributed by atoms with Gasteiger partial charge in [0.2, 0.25) is 0 Å². The summed E-state index contributed by atoms with van der Waals surface area (Å²) in [6.45, 7) is 1.62. The second-order valence-electron chi connectivity index (χ2n) is 4.40. The number of hydrogen-bond donors (Lipinski definition) is 2. The van der Waals surface area contributed by atoms with E-state index in [2.05, 4.69) is 32.5 Å². The van der Waals surface area contributed by atoms with Crippen LogP contribution in [0, 0.1) is 11.8 Å². The van der Waals surface area contributed by atoms with Gasteiger partial charge in [-0.25, -0.2) is 8.42 Å². The van der Waals surface area contributed by atoms with Crippen molar-refractivity contribution in [3.63, 3.8) is 0 Å². The molecule has 0 aliphatic rings. The van der Waals surface area contributed by atoms with Crippen molar-refractivity contribution in [1.82, 2.24) is 0 Å². The van der Waals surface area contributed by atoms with E-state index < -0.39 is 15.8 Å². The molecule has 0 aliphatic heterocycles. The Bertz CT molecular complexity index is 934. The first kappa shape index (κ1) is 18.0. The highest BCUT2D eigenvalue weighted by Gasteiger charge is 2.22. The monoisotopic (exact) mass is 433 g/mol. The van der Waals surface area contributed by atoms with E-state index in [4.69, 9.17) is 23.2 Å². The predicted molar refractivity (Wildman–Crippen MR) is 95.6 cm³/mol. The van der Waals surface area contributed by atoms with Crippen LogP contribution in [0.15, 0.2) is 39.7 Å². The summed E-state index contributed by atoms with van der Waals surface area (Å²) >= 11 is 14.9. The first-order valence-electron chi connectivity index (χ1n) is 6.17. The van der Waals surface area contributed by atoms with Crippen molar-refractivity contribution < 1.29 is 13.5 Å². The zero-order valence-corrected chi connectivity index (χ0v) is 15.6. The van der Waals surface area contributed by atoms with Crippen LogP contribution in [0.1, 0.15) is 12.5 Å². The minimum Gasteiger partial charge on any atom is -0.505 e. The lowest BCUT2D eigenvalue weighted by atomic mass is 10.2. The molecule has 0 saturated carbocycles. The van der Waals surface area contributed by atoms with Crippen molar-refractivity contribution in [2.45, 2.75) is 11.8 Å². The number of nitrogens with one attached hydrogen (secondary N) is 1. The Morgan fingerprint density at radius 3 is 2.57 bits per heavy atom. The number of phenols is 1. The molecule has 0 fully saturated rings. The fourth-order valence-electron chi connectivity index (χ4n) is 1.79. The van der Waals surface area contributed by atoms with E-state index in [1.807, 2.05) is 0 Å². The highest BCUT2D eigenvalue weighted by molar-refractivity contribution is 9.10. The summed E-state index contributed by atoms with van der Waals surface area (Å²) in [6, 6.07) is 7.23. The molecule has 2 N–H and O–H groups in total. The highest BCUT2D eigenvalue weighted by Crippen LogP contribution is 2.35. The predicted octanol–water partition coefficient (Wildman–Crippen LogP) is 4.63. The van der Waals surface area contributed by atoms with Crippen molar-refractivity contribution in [2.75, 3.05) is 4.72 Å². The Morgan fingerprint density at radius 1 is 1.22 bits per heavy atom. The maximum absolute atomic E-state index is 12.5. The Balaban J connectivity index is 2.53. The molecule has 0 amide bonds. The molecular weight excluding hydrogens is 425 g/mol. The Labute approximate surface area is 152 Å². The largest absolute Gasteiger partial charge is 0.505 e. The van der Waals surface area contributed by atoms with Gasteiger partial charge in [-0.05, 0) is 37.3 Å². The zero-order chi connectivity index (χ0) is 17.2. The summed E-state index contributed by atoms with van der Waals surface area (Å²) in [7, 11) is -4.07. The van der Waals surface area contributed by atoms with Crippen LogP contribution in [0.5, 0.6) is 5.75 Å². The molecular formula is C15H10BrCl2NO3S. The maximum atomic E-state index is 12.5. The van der Waals surface area contributed by atoms with E-state index in [1.165, 1.54) is 24.3 Å². The molecule has 2 aromatic carbocycles. The molecule has 0 saturated heterocycles. The molecule has 0 radical (unpaired) electrons. The molecule has 120 valence electrons. The topological polar surface area (TPSA) is 66.4 Å². The molecule has 8 heteroatoms. The fraction of sp³-hybridized carbons (Fsp3) is 0.0667. The lowest BCUT2D eigenvalue weighted by Gasteiger charge is -2.12. The van der Waals surface area contributed by atoms with Gasteiger partial charge in [0.05, 0.1) is 16.3 Å². The van der Waals surface area contributed by atoms with Crippen LogP contribution in [-0.2, 0) is 10.0 Å². The number of rotatable bonds is 3. The quantitative estimate of drug-likeness (QED) is 0.691. The summed E-state index contributed by atoms with van der Waals surface area (Å²) < 4.78 is 27.9. The van der Waals surface area contributed by atoms with E-state index in [1.54, 1.807) is 13.0 Å². The van der Waals surface area contributed by atoms with Crippen LogP contribution in [-0.4, -0.2) is 13.5 Å². The molecule has 0 bridgehead atoms. The van der Waals surface area contributed by atoms with Crippen molar-refractivity contribution >= 4 is 54.8 Å². The average molecular weight is 435 g/mol. The van der Waals surface area contributed by atoms with Crippen LogP contribution in [0.25, 0.3) is 0 Å². The molecule has 2 aromatic rings. The lowest BCUT2D eigenvalue weighted by molar-refractivity contribution is 0.459. The summed E-state index contributed by atoms with van der Waals surface area (Å²) in [5.74, 6) is 4.93. The first-order chi connectivity index (χ1) is 10.7. The summed E-state index contributed by atoms with van der Waals surface area (Å²) in [5.41, 5.74) is 0.670. The second-order valence-corrected chi connectivity index (χ2v) is 7.81. The van der Waals surface area contributed by atoms with Gasteiger partial charge in [-0.1, -0.05) is 45.1 Å². The standard InChI is InChI=1S/C15H10BrCl2NO3S/c1-2-3-9-6-11(17)4-5-13(9)19-23(21,22)14-8-10(16)7-12(18)15(14)20/h4-8,19-20H,1H3. The Kier molecular flexibility index (Phi) is 5.48. The Hall–Kier alpha value is -1.39. The zero-order valence-electron chi connectivity index (χ0n) is 11.7. The van der Waals surface area contributed by atoms with Crippen molar-refractivity contribution in [1.29, 1.82) is 0 Å². The number of halogens is 3. The third-order valence-electron chi connectivity index (χ3n) is 2.77. The SMILES string of the molecule is CC#Cc1cc(Cl)ccc1NS(=O)(=O)c1cc(Br)cc(Cl)c1O. The molecule has 0 spiro atoms. The van der Waals surface area contributed by atoms with Gasteiger partial charge in [0.25, 0.3) is 10.0 Å². The minimum atomic E-state index is -4.07. The molecule has 0 aliphatic carbocycles. The summed E-state index contributed by atoms with van der Waals surface area (Å²) in [5, 5.41) is 10.3. The summed E-state index contributed by atoms with van der Waals surface area (Å²) in [6.07, 6.45) is 0. The molecule has 2 rings (SSSR count). The summed E-state index contributed by atoms with van der Waals surface area (Å²) in [4.78, 5) is -0.345. The van der Waals surface area contributed by atoms with Gasteiger partial charge < -0.3 is 5.11 Å². The number of phenolic OH excluding ortho intramolecular Hbond substituents is 1. The van der Waals surface area contributed by atoms with Crippen LogP contribution in [0.3, 0.4) is 0 Å². The van der Waals surface area contributed by atoms with E-state index in [9.17, 15) is 13.5 Å².